The highest BCUT2D eigenvalue weighted by atomic mass is 16.5. The highest BCUT2D eigenvalue weighted by Gasteiger charge is 2.16. The third kappa shape index (κ3) is 3.59. The van der Waals surface area contributed by atoms with Crippen molar-refractivity contribution in [3.05, 3.63) is 72.3 Å². The zero-order valence-electron chi connectivity index (χ0n) is 14.0. The molecule has 2 aromatic carbocycles. The van der Waals surface area contributed by atoms with Crippen molar-refractivity contribution >= 4 is 29.1 Å². The molecule has 0 saturated heterocycles. The summed E-state index contributed by atoms with van der Waals surface area (Å²) < 4.78 is 5.73. The molecule has 2 heterocycles. The highest BCUT2D eigenvalue weighted by Crippen LogP contribution is 2.35. The maximum absolute atomic E-state index is 12.2. The van der Waals surface area contributed by atoms with Gasteiger partial charge in [0.25, 0.3) is 0 Å². The summed E-state index contributed by atoms with van der Waals surface area (Å²) in [6.07, 6.45) is 6.28. The molecule has 1 aliphatic heterocycles. The molecule has 0 saturated carbocycles. The minimum Gasteiger partial charge on any atom is -0.493 e. The maximum atomic E-state index is 12.2. The van der Waals surface area contributed by atoms with E-state index in [1.165, 1.54) is 0 Å². The van der Waals surface area contributed by atoms with Gasteiger partial charge in [0, 0.05) is 23.4 Å². The van der Waals surface area contributed by atoms with Gasteiger partial charge in [-0.15, -0.1) is 0 Å². The van der Waals surface area contributed by atoms with Gasteiger partial charge >= 0.3 is 6.03 Å². The van der Waals surface area contributed by atoms with Crippen LogP contribution in [0, 0.1) is 0 Å². The lowest BCUT2D eigenvalue weighted by Crippen LogP contribution is -2.19. The number of urea groups is 1. The first-order valence-corrected chi connectivity index (χ1v) is 8.37. The van der Waals surface area contributed by atoms with Crippen molar-refractivity contribution in [2.24, 2.45) is 0 Å². The lowest BCUT2D eigenvalue weighted by atomic mass is 9.98. The molecule has 0 spiro atoms. The number of H-pyrrole nitrogens is 1. The summed E-state index contributed by atoms with van der Waals surface area (Å²) in [5, 5.41) is 5.68. The molecular weight excluding hydrogens is 328 g/mol. The summed E-state index contributed by atoms with van der Waals surface area (Å²) in [5.41, 5.74) is 4.50. The Morgan fingerprint density at radius 2 is 1.96 bits per heavy atom. The Labute approximate surface area is 150 Å². The zero-order chi connectivity index (χ0) is 17.8. The molecule has 130 valence electrons. The largest absolute Gasteiger partial charge is 0.493 e. The number of nitrogens with one attached hydrogen (secondary N) is 3. The third-order valence-corrected chi connectivity index (χ3v) is 4.09. The number of anilines is 2. The van der Waals surface area contributed by atoms with E-state index in [4.69, 9.17) is 4.74 Å². The number of amides is 2. The Bertz CT molecular complexity index is 934. The van der Waals surface area contributed by atoms with Crippen LogP contribution in [0.4, 0.5) is 16.2 Å². The van der Waals surface area contributed by atoms with Crippen LogP contribution in [0.2, 0.25) is 0 Å². The van der Waals surface area contributed by atoms with Crippen molar-refractivity contribution in [2.75, 3.05) is 17.2 Å². The lowest BCUT2D eigenvalue weighted by molar-refractivity contribution is 0.262. The fourth-order valence-electron chi connectivity index (χ4n) is 2.89. The molecule has 0 atom stereocenters. The van der Waals surface area contributed by atoms with Crippen LogP contribution in [0.1, 0.15) is 17.7 Å². The summed E-state index contributed by atoms with van der Waals surface area (Å²) in [4.78, 5) is 19.3. The second-order valence-corrected chi connectivity index (χ2v) is 5.93. The SMILES string of the molecule is O=C(Nc1ccccc1)Nc1ccc2c(c1)C(=Cc1cnc[nH]1)CCO2. The van der Waals surface area contributed by atoms with E-state index in [0.717, 1.165) is 34.7 Å². The molecule has 2 amide bonds. The Hall–Kier alpha value is -3.54. The number of hydrogen-bond donors (Lipinski definition) is 3. The average Bonchev–Trinajstić information content (AvgIpc) is 3.16. The van der Waals surface area contributed by atoms with Gasteiger partial charge in [0.1, 0.15) is 5.75 Å². The quantitative estimate of drug-likeness (QED) is 0.658. The second-order valence-electron chi connectivity index (χ2n) is 5.93. The number of nitrogens with zero attached hydrogens (tertiary/aromatic N) is 1. The predicted molar refractivity (Wildman–Crippen MR) is 102 cm³/mol. The second kappa shape index (κ2) is 7.14. The number of para-hydroxylation sites is 1. The van der Waals surface area contributed by atoms with E-state index in [9.17, 15) is 4.79 Å². The topological polar surface area (TPSA) is 79.0 Å². The zero-order valence-corrected chi connectivity index (χ0v) is 14.0. The van der Waals surface area contributed by atoms with E-state index in [2.05, 4.69) is 26.7 Å². The van der Waals surface area contributed by atoms with E-state index in [-0.39, 0.29) is 6.03 Å². The van der Waals surface area contributed by atoms with Crippen LogP contribution in [0.25, 0.3) is 11.6 Å². The minimum absolute atomic E-state index is 0.285. The summed E-state index contributed by atoms with van der Waals surface area (Å²) in [5.74, 6) is 0.816. The first kappa shape index (κ1) is 16.0. The van der Waals surface area contributed by atoms with Gasteiger partial charge in [0.2, 0.25) is 0 Å². The van der Waals surface area contributed by atoms with Gasteiger partial charge in [-0.2, -0.15) is 0 Å². The Balaban J connectivity index is 1.55. The summed E-state index contributed by atoms with van der Waals surface area (Å²) >= 11 is 0. The molecule has 0 aliphatic carbocycles. The monoisotopic (exact) mass is 346 g/mol. The van der Waals surface area contributed by atoms with E-state index in [0.29, 0.717) is 12.3 Å². The predicted octanol–water partition coefficient (Wildman–Crippen LogP) is 4.38. The van der Waals surface area contributed by atoms with Crippen molar-refractivity contribution in [1.82, 2.24) is 9.97 Å². The number of hydrogen-bond acceptors (Lipinski definition) is 3. The standard InChI is InChI=1S/C20H18N4O2/c25-20(23-15-4-2-1-3-5-15)24-16-6-7-19-18(11-16)14(8-9-26-19)10-17-12-21-13-22-17/h1-7,10-13H,8-9H2,(H,21,22)(H2,23,24,25). The van der Waals surface area contributed by atoms with Crippen LogP contribution in [0.3, 0.4) is 0 Å². The molecule has 3 N–H and O–H groups in total. The molecular formula is C20H18N4O2. The van der Waals surface area contributed by atoms with Gasteiger partial charge in [-0.3, -0.25) is 0 Å². The van der Waals surface area contributed by atoms with Gasteiger partial charge in [-0.05, 0) is 42.0 Å². The highest BCUT2D eigenvalue weighted by molar-refractivity contribution is 6.00. The number of imidazole rings is 1. The van der Waals surface area contributed by atoms with Crippen molar-refractivity contribution < 1.29 is 9.53 Å². The van der Waals surface area contributed by atoms with E-state index >= 15 is 0 Å². The normalized spacial score (nSPS) is 14.4. The molecule has 0 radical (unpaired) electrons. The van der Waals surface area contributed by atoms with Crippen LogP contribution in [-0.2, 0) is 0 Å². The number of aromatic amines is 1. The molecule has 0 bridgehead atoms. The van der Waals surface area contributed by atoms with Crippen LogP contribution in [0.5, 0.6) is 5.75 Å². The molecule has 0 unspecified atom stereocenters. The molecule has 1 aromatic heterocycles. The number of ether oxygens (including phenoxy) is 1. The molecule has 4 rings (SSSR count). The number of fused-ring (bicyclic) bond motifs is 1. The molecule has 6 heteroatoms. The Morgan fingerprint density at radius 3 is 2.77 bits per heavy atom. The first-order chi connectivity index (χ1) is 12.8. The van der Waals surface area contributed by atoms with Crippen LogP contribution in [0.15, 0.2) is 61.1 Å². The fourth-order valence-corrected chi connectivity index (χ4v) is 2.89. The molecule has 6 nitrogen and oxygen atoms in total. The van der Waals surface area contributed by atoms with Crippen LogP contribution < -0.4 is 15.4 Å². The smallest absolute Gasteiger partial charge is 0.323 e. The van der Waals surface area contributed by atoms with Crippen molar-refractivity contribution in [3.63, 3.8) is 0 Å². The van der Waals surface area contributed by atoms with Gasteiger partial charge < -0.3 is 20.4 Å². The van der Waals surface area contributed by atoms with E-state index in [1.54, 1.807) is 12.5 Å². The van der Waals surface area contributed by atoms with Gasteiger partial charge in [-0.25, -0.2) is 9.78 Å². The molecule has 3 aromatic rings. The summed E-state index contributed by atoms with van der Waals surface area (Å²) in [6, 6.07) is 14.7. The van der Waals surface area contributed by atoms with Gasteiger partial charge in [0.05, 0.1) is 24.8 Å². The van der Waals surface area contributed by atoms with Crippen molar-refractivity contribution in [2.45, 2.75) is 6.42 Å². The van der Waals surface area contributed by atoms with Crippen molar-refractivity contribution in [3.8, 4) is 5.75 Å². The molecule has 1 aliphatic rings. The Morgan fingerprint density at radius 1 is 1.12 bits per heavy atom. The first-order valence-electron chi connectivity index (χ1n) is 8.37. The van der Waals surface area contributed by atoms with Crippen LogP contribution >= 0.6 is 0 Å². The van der Waals surface area contributed by atoms with Crippen molar-refractivity contribution in [1.29, 1.82) is 0 Å². The number of benzene rings is 2. The minimum atomic E-state index is -0.285. The Kier molecular flexibility index (Phi) is 4.38. The number of carbonyl (C=O) groups excluding carboxylic acids is 1. The van der Waals surface area contributed by atoms with E-state index < -0.39 is 0 Å². The molecule has 0 fully saturated rings. The fraction of sp³-hybridized carbons (Fsp3) is 0.100. The molecule has 26 heavy (non-hydrogen) atoms. The van der Waals surface area contributed by atoms with Gasteiger partial charge in [-0.1, -0.05) is 18.2 Å². The number of carbonyl (C=O) groups is 1. The van der Waals surface area contributed by atoms with E-state index in [1.807, 2.05) is 48.5 Å². The average molecular weight is 346 g/mol. The number of aromatic nitrogens is 2. The third-order valence-electron chi connectivity index (χ3n) is 4.09. The number of rotatable bonds is 3. The van der Waals surface area contributed by atoms with Crippen LogP contribution in [-0.4, -0.2) is 22.6 Å². The maximum Gasteiger partial charge on any atom is 0.323 e. The summed E-state index contributed by atoms with van der Waals surface area (Å²) in [7, 11) is 0. The summed E-state index contributed by atoms with van der Waals surface area (Å²) in [6.45, 7) is 0.633. The lowest BCUT2D eigenvalue weighted by Gasteiger charge is -2.21. The van der Waals surface area contributed by atoms with Gasteiger partial charge in [0.15, 0.2) is 0 Å².